The highest BCUT2D eigenvalue weighted by Gasteiger charge is 2.30. The number of carbonyl (C=O) groups is 3. The number of benzene rings is 2. The van der Waals surface area contributed by atoms with Crippen molar-refractivity contribution in [3.63, 3.8) is 0 Å². The van der Waals surface area contributed by atoms with Gasteiger partial charge in [-0.2, -0.15) is 0 Å². The van der Waals surface area contributed by atoms with Crippen molar-refractivity contribution in [3.05, 3.63) is 59.7 Å². The van der Waals surface area contributed by atoms with Gasteiger partial charge in [0.1, 0.15) is 12.6 Å². The summed E-state index contributed by atoms with van der Waals surface area (Å²) in [5, 5.41) is 14.6. The molecule has 8 heteroatoms. The highest BCUT2D eigenvalue weighted by molar-refractivity contribution is 5.84. The predicted octanol–water partition coefficient (Wildman–Crippen LogP) is 3.69. The molecule has 0 saturated carbocycles. The van der Waals surface area contributed by atoms with E-state index in [0.29, 0.717) is 0 Å². The Hall–Kier alpha value is -3.39. The molecule has 8 nitrogen and oxygen atoms in total. The number of rotatable bonds is 10. The number of aliphatic carboxylic acids is 1. The molecule has 0 spiro atoms. The highest BCUT2D eigenvalue weighted by Crippen LogP contribution is 2.44. The third-order valence-corrected chi connectivity index (χ3v) is 6.08. The molecule has 1 aliphatic carbocycles. The number of carbonyl (C=O) groups excluding carboxylic acids is 2. The minimum Gasteiger partial charge on any atom is -0.480 e. The van der Waals surface area contributed by atoms with Gasteiger partial charge in [-0.25, -0.2) is 9.59 Å². The lowest BCUT2D eigenvalue weighted by atomic mass is 9.98. The van der Waals surface area contributed by atoms with Crippen LogP contribution in [0.2, 0.25) is 0 Å². The van der Waals surface area contributed by atoms with Crippen molar-refractivity contribution < 1.29 is 29.0 Å². The standard InChI is InChI=1S/C26H32N2O6/c1-16(13-23(29)28-22(24(30)31)14-26(2,3)33-4)27-25(32)34-15-21-19-11-7-5-9-17(19)18-10-6-8-12-20(18)21/h5-12,16,21-22H,13-15H2,1-4H3,(H,27,32)(H,28,29)(H,30,31)/t16-,22?/m0/s1. The molecule has 0 aliphatic heterocycles. The SMILES string of the molecule is COC(C)(C)CC(NC(=O)C[C@H](C)NC(=O)OCC1c2ccccc2-c2ccccc21)C(=O)O. The van der Waals surface area contributed by atoms with Crippen LogP contribution < -0.4 is 10.6 Å². The Labute approximate surface area is 199 Å². The van der Waals surface area contributed by atoms with Crippen LogP contribution in [0.5, 0.6) is 0 Å². The van der Waals surface area contributed by atoms with E-state index < -0.39 is 35.7 Å². The molecule has 0 aromatic heterocycles. The van der Waals surface area contributed by atoms with Crippen LogP contribution in [0.4, 0.5) is 4.79 Å². The number of amides is 2. The molecular weight excluding hydrogens is 436 g/mol. The summed E-state index contributed by atoms with van der Waals surface area (Å²) in [5.41, 5.74) is 3.80. The molecule has 2 atom stereocenters. The maximum absolute atomic E-state index is 12.4. The van der Waals surface area contributed by atoms with Gasteiger partial charge in [0.05, 0.1) is 5.60 Å². The number of carboxylic acids is 1. The zero-order valence-corrected chi connectivity index (χ0v) is 20.0. The molecule has 3 rings (SSSR count). The van der Waals surface area contributed by atoms with Crippen molar-refractivity contribution >= 4 is 18.0 Å². The third-order valence-electron chi connectivity index (χ3n) is 6.08. The van der Waals surface area contributed by atoms with Gasteiger partial charge in [0.15, 0.2) is 0 Å². The summed E-state index contributed by atoms with van der Waals surface area (Å²) in [6, 6.07) is 14.5. The van der Waals surface area contributed by atoms with Crippen molar-refractivity contribution in [2.24, 2.45) is 0 Å². The Kier molecular flexibility index (Phi) is 7.94. The summed E-state index contributed by atoms with van der Waals surface area (Å²) in [6.45, 7) is 5.33. The van der Waals surface area contributed by atoms with Gasteiger partial charge in [-0.3, -0.25) is 4.79 Å². The molecule has 0 radical (unpaired) electrons. The first-order chi connectivity index (χ1) is 16.1. The van der Waals surface area contributed by atoms with Gasteiger partial charge >= 0.3 is 12.1 Å². The number of carboxylic acid groups (broad SMARTS) is 1. The summed E-state index contributed by atoms with van der Waals surface area (Å²) >= 11 is 0. The number of ether oxygens (including phenoxy) is 2. The number of nitrogens with one attached hydrogen (secondary N) is 2. The second kappa shape index (κ2) is 10.7. The van der Waals surface area contributed by atoms with Crippen LogP contribution >= 0.6 is 0 Å². The average Bonchev–Trinajstić information content (AvgIpc) is 3.10. The van der Waals surface area contributed by atoms with Gasteiger partial charge in [-0.15, -0.1) is 0 Å². The molecule has 182 valence electrons. The Morgan fingerprint density at radius 3 is 2.09 bits per heavy atom. The monoisotopic (exact) mass is 468 g/mol. The molecule has 2 amide bonds. The zero-order valence-electron chi connectivity index (χ0n) is 20.0. The Balaban J connectivity index is 1.52. The van der Waals surface area contributed by atoms with E-state index in [-0.39, 0.29) is 25.4 Å². The summed E-state index contributed by atoms with van der Waals surface area (Å²) < 4.78 is 10.8. The molecule has 1 aliphatic rings. The number of hydrogen-bond acceptors (Lipinski definition) is 5. The fourth-order valence-corrected chi connectivity index (χ4v) is 4.20. The molecule has 0 heterocycles. The molecule has 34 heavy (non-hydrogen) atoms. The first-order valence-corrected chi connectivity index (χ1v) is 11.3. The van der Waals surface area contributed by atoms with Crippen LogP contribution in [0.15, 0.2) is 48.5 Å². The van der Waals surface area contributed by atoms with Crippen molar-refractivity contribution in [1.29, 1.82) is 0 Å². The van der Waals surface area contributed by atoms with E-state index in [9.17, 15) is 19.5 Å². The Morgan fingerprint density at radius 1 is 1.00 bits per heavy atom. The highest BCUT2D eigenvalue weighted by atomic mass is 16.5. The van der Waals surface area contributed by atoms with Gasteiger partial charge in [-0.05, 0) is 43.0 Å². The van der Waals surface area contributed by atoms with Gasteiger partial charge < -0.3 is 25.2 Å². The van der Waals surface area contributed by atoms with Crippen LogP contribution in [0, 0.1) is 0 Å². The fourth-order valence-electron chi connectivity index (χ4n) is 4.20. The lowest BCUT2D eigenvalue weighted by Crippen LogP contribution is -2.47. The quantitative estimate of drug-likeness (QED) is 0.490. The maximum atomic E-state index is 12.4. The molecule has 0 bridgehead atoms. The van der Waals surface area contributed by atoms with Crippen molar-refractivity contribution in [3.8, 4) is 11.1 Å². The van der Waals surface area contributed by atoms with Crippen molar-refractivity contribution in [1.82, 2.24) is 10.6 Å². The number of methoxy groups -OCH3 is 1. The Bertz CT molecular complexity index is 1010. The second-order valence-electron chi connectivity index (χ2n) is 9.20. The normalized spacial score (nSPS) is 14.5. The zero-order chi connectivity index (χ0) is 24.9. The maximum Gasteiger partial charge on any atom is 0.407 e. The minimum atomic E-state index is -1.14. The summed E-state index contributed by atoms with van der Waals surface area (Å²) in [6.07, 6.45) is -0.599. The summed E-state index contributed by atoms with van der Waals surface area (Å²) in [7, 11) is 1.49. The third kappa shape index (κ3) is 6.14. The second-order valence-corrected chi connectivity index (χ2v) is 9.20. The van der Waals surface area contributed by atoms with E-state index in [2.05, 4.69) is 22.8 Å². The number of hydrogen-bond donors (Lipinski definition) is 3. The molecule has 0 saturated heterocycles. The summed E-state index contributed by atoms with van der Waals surface area (Å²) in [4.78, 5) is 36.3. The average molecular weight is 469 g/mol. The van der Waals surface area contributed by atoms with E-state index in [4.69, 9.17) is 9.47 Å². The molecule has 2 aromatic carbocycles. The van der Waals surface area contributed by atoms with Gasteiger partial charge in [0.2, 0.25) is 5.91 Å². The van der Waals surface area contributed by atoms with E-state index in [0.717, 1.165) is 22.3 Å². The largest absolute Gasteiger partial charge is 0.480 e. The first kappa shape index (κ1) is 25.2. The van der Waals surface area contributed by atoms with Crippen molar-refractivity contribution in [2.75, 3.05) is 13.7 Å². The molecule has 1 unspecified atom stereocenters. The molecule has 0 fully saturated rings. The van der Waals surface area contributed by atoms with Gasteiger partial charge in [-0.1, -0.05) is 48.5 Å². The predicted molar refractivity (Wildman–Crippen MR) is 128 cm³/mol. The van der Waals surface area contributed by atoms with Crippen LogP contribution in [-0.4, -0.2) is 54.5 Å². The molecular formula is C26H32N2O6. The van der Waals surface area contributed by atoms with E-state index in [1.165, 1.54) is 7.11 Å². The lowest BCUT2D eigenvalue weighted by Gasteiger charge is -2.27. The van der Waals surface area contributed by atoms with Crippen LogP contribution in [0.3, 0.4) is 0 Å². The molecule has 3 N–H and O–H groups in total. The number of fused-ring (bicyclic) bond motifs is 3. The molecule has 2 aromatic rings. The first-order valence-electron chi connectivity index (χ1n) is 11.3. The van der Waals surface area contributed by atoms with Crippen LogP contribution in [0.1, 0.15) is 50.7 Å². The topological polar surface area (TPSA) is 114 Å². The number of alkyl carbamates (subject to hydrolysis) is 1. The smallest absolute Gasteiger partial charge is 0.407 e. The van der Waals surface area contributed by atoms with E-state index >= 15 is 0 Å². The lowest BCUT2D eigenvalue weighted by molar-refractivity contribution is -0.144. The van der Waals surface area contributed by atoms with Crippen LogP contribution in [-0.2, 0) is 19.1 Å². The van der Waals surface area contributed by atoms with Crippen LogP contribution in [0.25, 0.3) is 11.1 Å². The van der Waals surface area contributed by atoms with Crippen molar-refractivity contribution in [2.45, 2.75) is 57.2 Å². The minimum absolute atomic E-state index is 0.0581. The van der Waals surface area contributed by atoms with E-state index in [1.807, 2.05) is 36.4 Å². The van der Waals surface area contributed by atoms with E-state index in [1.54, 1.807) is 20.8 Å². The van der Waals surface area contributed by atoms with Gasteiger partial charge in [0, 0.05) is 31.9 Å². The van der Waals surface area contributed by atoms with Gasteiger partial charge in [0.25, 0.3) is 0 Å². The Morgan fingerprint density at radius 2 is 1.56 bits per heavy atom. The summed E-state index contributed by atoms with van der Waals surface area (Å²) in [5.74, 6) is -1.68. The fraction of sp³-hybridized carbons (Fsp3) is 0.423.